The molecule has 1 aliphatic rings. The number of carbonyl (C=O) groups excluding carboxylic acids is 3. The first-order chi connectivity index (χ1) is 18.3. The van der Waals surface area contributed by atoms with Gasteiger partial charge in [-0.25, -0.2) is 14.5 Å². The average molecular weight is 514 g/mol. The van der Waals surface area contributed by atoms with Gasteiger partial charge in [0.05, 0.1) is 13.7 Å². The van der Waals surface area contributed by atoms with E-state index in [1.165, 1.54) is 13.2 Å². The first-order valence-electron chi connectivity index (χ1n) is 11.5. The van der Waals surface area contributed by atoms with E-state index in [0.717, 1.165) is 15.8 Å². The number of anilines is 1. The first-order valence-corrected chi connectivity index (χ1v) is 11.5. The van der Waals surface area contributed by atoms with Crippen molar-refractivity contribution in [2.45, 2.75) is 6.54 Å². The van der Waals surface area contributed by atoms with E-state index in [4.69, 9.17) is 14.3 Å². The summed E-state index contributed by atoms with van der Waals surface area (Å²) in [4.78, 5) is 50.0. The number of benzene rings is 2. The van der Waals surface area contributed by atoms with Gasteiger partial charge in [-0.2, -0.15) is 0 Å². The van der Waals surface area contributed by atoms with Crippen LogP contribution in [-0.2, 0) is 16.1 Å². The average Bonchev–Trinajstić information content (AvgIpc) is 3.59. The van der Waals surface area contributed by atoms with Crippen molar-refractivity contribution in [3.8, 4) is 5.75 Å². The Balaban J connectivity index is 1.34. The van der Waals surface area contributed by atoms with Gasteiger partial charge < -0.3 is 29.5 Å². The lowest BCUT2D eigenvalue weighted by atomic mass is 10.1. The van der Waals surface area contributed by atoms with E-state index in [0.29, 0.717) is 22.8 Å². The van der Waals surface area contributed by atoms with Crippen LogP contribution in [0, 0.1) is 0 Å². The van der Waals surface area contributed by atoms with E-state index in [2.05, 4.69) is 10.6 Å². The van der Waals surface area contributed by atoms with Crippen LogP contribution in [0.5, 0.6) is 5.75 Å². The van der Waals surface area contributed by atoms with Crippen LogP contribution in [0.25, 0.3) is 17.0 Å². The minimum atomic E-state index is -1.16. The predicted molar refractivity (Wildman–Crippen MR) is 137 cm³/mol. The van der Waals surface area contributed by atoms with Crippen molar-refractivity contribution in [3.63, 3.8) is 0 Å². The maximum Gasteiger partial charge on any atom is 0.371 e. The van der Waals surface area contributed by atoms with Crippen molar-refractivity contribution in [1.29, 1.82) is 0 Å². The molecule has 1 fully saturated rings. The Labute approximate surface area is 215 Å². The number of aromatic carboxylic acids is 1. The maximum atomic E-state index is 13.0. The van der Waals surface area contributed by atoms with Gasteiger partial charge in [0.25, 0.3) is 5.91 Å². The Morgan fingerprint density at radius 1 is 1.08 bits per heavy atom. The van der Waals surface area contributed by atoms with E-state index in [1.807, 2.05) is 28.8 Å². The van der Waals surface area contributed by atoms with Gasteiger partial charge in [0.15, 0.2) is 0 Å². The number of carbonyl (C=O) groups is 4. The number of furan rings is 1. The van der Waals surface area contributed by atoms with Gasteiger partial charge in [0, 0.05) is 28.4 Å². The zero-order chi connectivity index (χ0) is 26.8. The molecule has 11 heteroatoms. The van der Waals surface area contributed by atoms with Crippen molar-refractivity contribution >= 4 is 46.5 Å². The molecule has 4 aromatic rings. The minimum absolute atomic E-state index is 0.0290. The summed E-state index contributed by atoms with van der Waals surface area (Å²) in [6, 6.07) is 16.4. The number of hydrogen-bond donors (Lipinski definition) is 3. The van der Waals surface area contributed by atoms with Crippen LogP contribution >= 0.6 is 0 Å². The quantitative estimate of drug-likeness (QED) is 0.241. The van der Waals surface area contributed by atoms with Gasteiger partial charge in [0.2, 0.25) is 11.7 Å². The second-order valence-corrected chi connectivity index (χ2v) is 8.46. The van der Waals surface area contributed by atoms with E-state index >= 15 is 0 Å². The smallest absolute Gasteiger partial charge is 0.371 e. The topological polar surface area (TPSA) is 143 Å². The molecule has 11 nitrogen and oxygen atoms in total. The molecular weight excluding hydrogens is 492 g/mol. The van der Waals surface area contributed by atoms with Crippen molar-refractivity contribution < 1.29 is 33.4 Å². The first kappa shape index (κ1) is 24.4. The van der Waals surface area contributed by atoms with Gasteiger partial charge in [0.1, 0.15) is 23.8 Å². The van der Waals surface area contributed by atoms with Crippen LogP contribution in [0.2, 0.25) is 0 Å². The third-order valence-corrected chi connectivity index (χ3v) is 5.96. The molecule has 0 bridgehead atoms. The lowest BCUT2D eigenvalue weighted by molar-refractivity contribution is -0.127. The lowest BCUT2D eigenvalue weighted by Crippen LogP contribution is -2.38. The molecule has 0 atom stereocenters. The molecule has 3 heterocycles. The summed E-state index contributed by atoms with van der Waals surface area (Å²) in [5, 5.41) is 15.1. The fourth-order valence-electron chi connectivity index (χ4n) is 4.16. The summed E-state index contributed by atoms with van der Waals surface area (Å²) >= 11 is 0. The molecule has 2 aromatic carbocycles. The molecule has 0 saturated carbocycles. The Hall–Kier alpha value is -5.32. The number of aromatic nitrogens is 1. The molecular formula is C27H22N4O7. The minimum Gasteiger partial charge on any atom is -0.497 e. The van der Waals surface area contributed by atoms with Crippen LogP contribution in [0.3, 0.4) is 0 Å². The number of carboxylic acids is 1. The Morgan fingerprint density at radius 2 is 1.84 bits per heavy atom. The molecule has 4 amide bonds. The highest BCUT2D eigenvalue weighted by Crippen LogP contribution is 2.26. The normalized spacial score (nSPS) is 14.2. The van der Waals surface area contributed by atoms with E-state index < -0.39 is 30.4 Å². The largest absolute Gasteiger partial charge is 0.497 e. The van der Waals surface area contributed by atoms with Crippen molar-refractivity contribution in [1.82, 2.24) is 14.8 Å². The molecule has 0 radical (unpaired) electrons. The van der Waals surface area contributed by atoms with E-state index in [1.54, 1.807) is 42.6 Å². The summed E-state index contributed by atoms with van der Waals surface area (Å²) in [5.41, 5.74) is 2.00. The van der Waals surface area contributed by atoms with Gasteiger partial charge >= 0.3 is 12.0 Å². The summed E-state index contributed by atoms with van der Waals surface area (Å²) in [5.74, 6) is -1.40. The van der Waals surface area contributed by atoms with Crippen LogP contribution in [0.15, 0.2) is 77.0 Å². The molecule has 0 aliphatic carbocycles. The van der Waals surface area contributed by atoms with Gasteiger partial charge in [-0.15, -0.1) is 0 Å². The number of ether oxygens (including phenoxy) is 1. The predicted octanol–water partition coefficient (Wildman–Crippen LogP) is 3.52. The number of carboxylic acid groups (broad SMARTS) is 1. The fraction of sp³-hybridized carbons (Fsp3) is 0.111. The van der Waals surface area contributed by atoms with Crippen LogP contribution in [0.4, 0.5) is 10.5 Å². The number of urea groups is 1. The molecule has 0 spiro atoms. The number of nitrogens with zero attached hydrogens (tertiary/aromatic N) is 2. The van der Waals surface area contributed by atoms with E-state index in [-0.39, 0.29) is 18.0 Å². The number of amides is 4. The zero-order valence-electron chi connectivity index (χ0n) is 20.1. The maximum absolute atomic E-state index is 13.0. The summed E-state index contributed by atoms with van der Waals surface area (Å²) < 4.78 is 12.3. The molecule has 1 saturated heterocycles. The van der Waals surface area contributed by atoms with Gasteiger partial charge in [-0.05, 0) is 48.5 Å². The second kappa shape index (κ2) is 9.97. The fourth-order valence-corrected chi connectivity index (χ4v) is 4.16. The van der Waals surface area contributed by atoms with Gasteiger partial charge in [-0.1, -0.05) is 18.2 Å². The molecule has 5 rings (SSSR count). The van der Waals surface area contributed by atoms with Crippen LogP contribution in [0.1, 0.15) is 21.9 Å². The second-order valence-electron chi connectivity index (χ2n) is 8.46. The summed E-state index contributed by atoms with van der Waals surface area (Å²) in [7, 11) is 1.53. The lowest BCUT2D eigenvalue weighted by Gasteiger charge is -2.12. The number of fused-ring (bicyclic) bond motifs is 1. The Bertz CT molecular complexity index is 1600. The highest BCUT2D eigenvalue weighted by Gasteiger charge is 2.35. The number of methoxy groups -OCH3 is 1. The molecule has 2 aromatic heterocycles. The van der Waals surface area contributed by atoms with Gasteiger partial charge in [-0.3, -0.25) is 9.59 Å². The number of hydrogen-bond acceptors (Lipinski definition) is 6. The SMILES string of the molecule is COc1ccc(NC(=O)CN2C(=O)N/C(=C\c3cn(Cc4ccc(C(=O)O)o4)c4ccccc34)C2=O)cc1. The van der Waals surface area contributed by atoms with Crippen LogP contribution < -0.4 is 15.4 Å². The Kier molecular flexibility index (Phi) is 6.40. The van der Waals surface area contributed by atoms with Crippen LogP contribution in [-0.4, -0.2) is 52.0 Å². The number of para-hydroxylation sites is 1. The van der Waals surface area contributed by atoms with Crippen molar-refractivity contribution in [2.75, 3.05) is 19.0 Å². The highest BCUT2D eigenvalue weighted by molar-refractivity contribution is 6.16. The third-order valence-electron chi connectivity index (χ3n) is 5.96. The third kappa shape index (κ3) is 4.85. The molecule has 38 heavy (non-hydrogen) atoms. The zero-order valence-corrected chi connectivity index (χ0v) is 20.1. The molecule has 0 unspecified atom stereocenters. The highest BCUT2D eigenvalue weighted by atomic mass is 16.5. The van der Waals surface area contributed by atoms with Crippen molar-refractivity contribution in [2.24, 2.45) is 0 Å². The van der Waals surface area contributed by atoms with Crippen molar-refractivity contribution in [3.05, 3.63) is 89.6 Å². The Morgan fingerprint density at radius 3 is 2.55 bits per heavy atom. The van der Waals surface area contributed by atoms with E-state index in [9.17, 15) is 19.2 Å². The summed E-state index contributed by atoms with van der Waals surface area (Å²) in [6.45, 7) is -0.199. The monoisotopic (exact) mass is 514 g/mol. The number of rotatable bonds is 8. The standard InChI is InChI=1S/C27H22N4O7/c1-37-18-8-6-17(7-9-18)28-24(32)15-31-25(33)21(29-27(31)36)12-16-13-30(22-5-3-2-4-20(16)22)14-19-10-11-23(38-19)26(34)35/h2-13H,14-15H2,1H3,(H,28,32)(H,29,36)(H,34,35)/b21-12-. The molecule has 192 valence electrons. The number of nitrogens with one attached hydrogen (secondary N) is 2. The molecule has 3 N–H and O–H groups in total. The molecule has 1 aliphatic heterocycles. The number of imide groups is 1. The summed E-state index contributed by atoms with van der Waals surface area (Å²) in [6.07, 6.45) is 3.32.